The Hall–Kier alpha value is -1.83. The van der Waals surface area contributed by atoms with E-state index in [-0.39, 0.29) is 16.4 Å². The average Bonchev–Trinajstić information content (AvgIpc) is 2.45. The van der Waals surface area contributed by atoms with Gasteiger partial charge in [0.05, 0.1) is 10.8 Å². The number of aromatic nitrogens is 2. The molecule has 0 spiro atoms. The standard InChI is InChI=1S/C14H14F3N3OS/c1-8(12(21)20(2)3)22-11-9-6-4-5-7-10(9)18-13(19-11)14(15,16)17/h4-8H,1-3H3. The van der Waals surface area contributed by atoms with Crippen LogP contribution in [-0.2, 0) is 11.0 Å². The van der Waals surface area contributed by atoms with Crippen molar-refractivity contribution in [1.82, 2.24) is 14.9 Å². The van der Waals surface area contributed by atoms with Crippen molar-refractivity contribution < 1.29 is 18.0 Å². The molecule has 0 fully saturated rings. The molecule has 118 valence electrons. The zero-order chi connectivity index (χ0) is 16.5. The largest absolute Gasteiger partial charge is 0.451 e. The third kappa shape index (κ3) is 3.49. The highest BCUT2D eigenvalue weighted by atomic mass is 32.2. The number of alkyl halides is 3. The third-order valence-corrected chi connectivity index (χ3v) is 3.99. The van der Waals surface area contributed by atoms with Crippen LogP contribution in [0.3, 0.4) is 0 Å². The molecule has 2 rings (SSSR count). The summed E-state index contributed by atoms with van der Waals surface area (Å²) in [5, 5.41) is 0.105. The molecular weight excluding hydrogens is 315 g/mol. The summed E-state index contributed by atoms with van der Waals surface area (Å²) in [5.74, 6) is -1.39. The maximum atomic E-state index is 12.9. The van der Waals surface area contributed by atoms with Crippen molar-refractivity contribution in [2.45, 2.75) is 23.4 Å². The van der Waals surface area contributed by atoms with E-state index < -0.39 is 17.3 Å². The fourth-order valence-corrected chi connectivity index (χ4v) is 2.93. The number of benzene rings is 1. The fourth-order valence-electron chi connectivity index (χ4n) is 1.85. The summed E-state index contributed by atoms with van der Waals surface area (Å²) < 4.78 is 38.7. The molecule has 0 aliphatic carbocycles. The van der Waals surface area contributed by atoms with Gasteiger partial charge in [-0.15, -0.1) is 0 Å². The van der Waals surface area contributed by atoms with Crippen molar-refractivity contribution in [2.24, 2.45) is 0 Å². The first-order valence-electron chi connectivity index (χ1n) is 6.42. The lowest BCUT2D eigenvalue weighted by Crippen LogP contribution is -2.29. The van der Waals surface area contributed by atoms with Crippen molar-refractivity contribution in [3.8, 4) is 0 Å². The molecule has 1 heterocycles. The van der Waals surface area contributed by atoms with E-state index in [1.54, 1.807) is 39.2 Å². The SMILES string of the molecule is CC(Sc1nc(C(F)(F)F)nc2ccccc12)C(=O)N(C)C. The summed E-state index contributed by atoms with van der Waals surface area (Å²) in [6.07, 6.45) is -4.63. The van der Waals surface area contributed by atoms with Crippen LogP contribution < -0.4 is 0 Å². The summed E-state index contributed by atoms with van der Waals surface area (Å²) >= 11 is 0.997. The molecule has 4 nitrogen and oxygen atoms in total. The molecule has 1 amide bonds. The Morgan fingerprint density at radius 1 is 1.23 bits per heavy atom. The average molecular weight is 329 g/mol. The maximum absolute atomic E-state index is 12.9. The second-order valence-corrected chi connectivity index (χ2v) is 6.19. The van der Waals surface area contributed by atoms with Crippen LogP contribution in [0.1, 0.15) is 12.7 Å². The molecule has 1 aromatic heterocycles. The van der Waals surface area contributed by atoms with E-state index in [0.717, 1.165) is 11.8 Å². The topological polar surface area (TPSA) is 46.1 Å². The van der Waals surface area contributed by atoms with E-state index in [4.69, 9.17) is 0 Å². The van der Waals surface area contributed by atoms with Gasteiger partial charge < -0.3 is 4.90 Å². The molecule has 1 unspecified atom stereocenters. The smallest absolute Gasteiger partial charge is 0.348 e. The predicted molar refractivity (Wildman–Crippen MR) is 78.6 cm³/mol. The lowest BCUT2D eigenvalue weighted by molar-refractivity contribution is -0.145. The molecule has 8 heteroatoms. The number of nitrogens with zero attached hydrogens (tertiary/aromatic N) is 3. The first-order chi connectivity index (χ1) is 10.2. The minimum absolute atomic E-state index is 0.153. The molecule has 0 radical (unpaired) electrons. The molecule has 1 aromatic carbocycles. The number of carbonyl (C=O) groups excluding carboxylic acids is 1. The minimum Gasteiger partial charge on any atom is -0.348 e. The van der Waals surface area contributed by atoms with Gasteiger partial charge in [0.15, 0.2) is 0 Å². The van der Waals surface area contributed by atoms with Gasteiger partial charge in [-0.25, -0.2) is 9.97 Å². The zero-order valence-electron chi connectivity index (χ0n) is 12.2. The number of carbonyl (C=O) groups is 1. The van der Waals surface area contributed by atoms with Crippen LogP contribution in [0.2, 0.25) is 0 Å². The molecule has 0 saturated carbocycles. The number of rotatable bonds is 3. The molecule has 1 atom stereocenters. The van der Waals surface area contributed by atoms with E-state index >= 15 is 0 Å². The van der Waals surface area contributed by atoms with Crippen LogP contribution in [0.4, 0.5) is 13.2 Å². The maximum Gasteiger partial charge on any atom is 0.451 e. The Morgan fingerprint density at radius 3 is 2.45 bits per heavy atom. The monoisotopic (exact) mass is 329 g/mol. The number of hydrogen-bond acceptors (Lipinski definition) is 4. The van der Waals surface area contributed by atoms with E-state index in [1.165, 1.54) is 11.0 Å². The Balaban J connectivity index is 2.49. The van der Waals surface area contributed by atoms with Crippen molar-refractivity contribution in [2.75, 3.05) is 14.1 Å². The number of para-hydroxylation sites is 1. The van der Waals surface area contributed by atoms with Gasteiger partial charge in [-0.2, -0.15) is 13.2 Å². The minimum atomic E-state index is -4.63. The van der Waals surface area contributed by atoms with Crippen molar-refractivity contribution in [3.05, 3.63) is 30.1 Å². The van der Waals surface area contributed by atoms with Crippen LogP contribution >= 0.6 is 11.8 Å². The molecule has 0 bridgehead atoms. The summed E-state index contributed by atoms with van der Waals surface area (Å²) in [4.78, 5) is 20.5. The van der Waals surface area contributed by atoms with Crippen molar-refractivity contribution >= 4 is 28.6 Å². The highest BCUT2D eigenvalue weighted by Gasteiger charge is 2.36. The molecule has 22 heavy (non-hydrogen) atoms. The van der Waals surface area contributed by atoms with E-state index in [2.05, 4.69) is 9.97 Å². The van der Waals surface area contributed by atoms with Gasteiger partial charge in [0.25, 0.3) is 0 Å². The van der Waals surface area contributed by atoms with Crippen LogP contribution in [0, 0.1) is 0 Å². The van der Waals surface area contributed by atoms with Gasteiger partial charge in [-0.05, 0) is 13.0 Å². The fraction of sp³-hybridized carbons (Fsp3) is 0.357. The molecule has 0 saturated heterocycles. The zero-order valence-corrected chi connectivity index (χ0v) is 13.0. The molecular formula is C14H14F3N3OS. The van der Waals surface area contributed by atoms with Crippen LogP contribution in [0.25, 0.3) is 10.9 Å². The van der Waals surface area contributed by atoms with Gasteiger partial charge in [0, 0.05) is 19.5 Å². The molecule has 0 aliphatic rings. The second kappa shape index (κ2) is 6.12. The Bertz CT molecular complexity index is 703. The number of halogens is 3. The number of amides is 1. The van der Waals surface area contributed by atoms with Gasteiger partial charge >= 0.3 is 6.18 Å². The number of thioether (sulfide) groups is 1. The third-order valence-electron chi connectivity index (χ3n) is 2.90. The predicted octanol–water partition coefficient (Wildman–Crippen LogP) is 3.22. The van der Waals surface area contributed by atoms with E-state index in [9.17, 15) is 18.0 Å². The highest BCUT2D eigenvalue weighted by molar-refractivity contribution is 8.00. The molecule has 0 aliphatic heterocycles. The van der Waals surface area contributed by atoms with Crippen LogP contribution in [0.5, 0.6) is 0 Å². The van der Waals surface area contributed by atoms with Crippen LogP contribution in [0.15, 0.2) is 29.3 Å². The number of fused-ring (bicyclic) bond motifs is 1. The lowest BCUT2D eigenvalue weighted by atomic mass is 10.2. The number of hydrogen-bond donors (Lipinski definition) is 0. The highest BCUT2D eigenvalue weighted by Crippen LogP contribution is 2.33. The van der Waals surface area contributed by atoms with Gasteiger partial charge in [0.2, 0.25) is 11.7 Å². The summed E-state index contributed by atoms with van der Waals surface area (Å²) in [7, 11) is 3.19. The molecule has 2 aromatic rings. The summed E-state index contributed by atoms with van der Waals surface area (Å²) in [6, 6.07) is 6.44. The Labute approximate surface area is 129 Å². The lowest BCUT2D eigenvalue weighted by Gasteiger charge is -2.17. The second-order valence-electron chi connectivity index (χ2n) is 4.86. The van der Waals surface area contributed by atoms with Crippen LogP contribution in [-0.4, -0.2) is 40.1 Å². The first-order valence-corrected chi connectivity index (χ1v) is 7.30. The first kappa shape index (κ1) is 16.5. The normalized spacial score (nSPS) is 13.2. The van der Waals surface area contributed by atoms with E-state index in [0.29, 0.717) is 5.39 Å². The summed E-state index contributed by atoms with van der Waals surface area (Å²) in [6.45, 7) is 1.64. The Kier molecular flexibility index (Phi) is 4.60. The van der Waals surface area contributed by atoms with Gasteiger partial charge in [-0.1, -0.05) is 30.0 Å². The summed E-state index contributed by atoms with van der Waals surface area (Å²) in [5.41, 5.74) is 0.205. The van der Waals surface area contributed by atoms with Gasteiger partial charge in [0.1, 0.15) is 5.03 Å². The van der Waals surface area contributed by atoms with E-state index in [1.807, 2.05) is 0 Å². The van der Waals surface area contributed by atoms with Gasteiger partial charge in [-0.3, -0.25) is 4.79 Å². The molecule has 0 N–H and O–H groups in total. The Morgan fingerprint density at radius 2 is 1.86 bits per heavy atom. The quantitative estimate of drug-likeness (QED) is 0.641. The van der Waals surface area contributed by atoms with Crippen molar-refractivity contribution in [3.63, 3.8) is 0 Å². The van der Waals surface area contributed by atoms with Crippen molar-refractivity contribution in [1.29, 1.82) is 0 Å².